The number of carbonyl (C=O) groups is 3. The molecule has 0 radical (unpaired) electrons. The smallest absolute Gasteiger partial charge is 0.327 e. The van der Waals surface area contributed by atoms with E-state index in [1.165, 1.54) is 0 Å². The van der Waals surface area contributed by atoms with Gasteiger partial charge < -0.3 is 21.1 Å². The van der Waals surface area contributed by atoms with Gasteiger partial charge in [-0.05, 0) is 0 Å². The second-order valence-corrected chi connectivity index (χ2v) is 2.08. The minimum Gasteiger partial charge on any atom is -0.481 e. The first-order chi connectivity index (χ1) is 6.31. The van der Waals surface area contributed by atoms with Gasteiger partial charge >= 0.3 is 17.9 Å². The van der Waals surface area contributed by atoms with E-state index in [4.69, 9.17) is 21.1 Å². The molecule has 1 unspecified atom stereocenters. The molecule has 0 aromatic heterocycles. The first kappa shape index (κ1) is 14.6. The van der Waals surface area contributed by atoms with Crippen molar-refractivity contribution in [1.82, 2.24) is 0 Å². The van der Waals surface area contributed by atoms with Crippen molar-refractivity contribution < 1.29 is 29.7 Å². The molecule has 0 bridgehead atoms. The number of hydrogen-bond donors (Lipinski definition) is 4. The summed E-state index contributed by atoms with van der Waals surface area (Å²) >= 11 is 0. The molecule has 0 aliphatic carbocycles. The summed E-state index contributed by atoms with van der Waals surface area (Å²) in [5, 5.41) is 23.6. The summed E-state index contributed by atoms with van der Waals surface area (Å²) in [5.74, 6) is -3.48. The number of aliphatic carboxylic acids is 3. The van der Waals surface area contributed by atoms with Gasteiger partial charge in [-0.25, -0.2) is 4.79 Å². The van der Waals surface area contributed by atoms with Crippen molar-refractivity contribution in [1.29, 1.82) is 0 Å². The van der Waals surface area contributed by atoms with E-state index >= 15 is 0 Å². The van der Waals surface area contributed by atoms with Gasteiger partial charge in [0.15, 0.2) is 0 Å². The summed E-state index contributed by atoms with van der Waals surface area (Å²) in [6.45, 7) is 2.96. The molecule has 5 N–H and O–H groups in total. The monoisotopic (exact) mass is 205 g/mol. The maximum atomic E-state index is 9.85. The maximum Gasteiger partial charge on any atom is 0.327 e. The lowest BCUT2D eigenvalue weighted by atomic mass is 10.2. The predicted octanol–water partition coefficient (Wildman–Crippen LogP) is -0.870. The van der Waals surface area contributed by atoms with Crippen molar-refractivity contribution in [3.63, 3.8) is 0 Å². The second-order valence-electron chi connectivity index (χ2n) is 2.08. The highest BCUT2D eigenvalue weighted by atomic mass is 16.4. The van der Waals surface area contributed by atoms with Gasteiger partial charge in [0.1, 0.15) is 6.04 Å². The molecule has 1 atom stereocenters. The summed E-state index contributed by atoms with van der Waals surface area (Å²) < 4.78 is 0. The van der Waals surface area contributed by atoms with E-state index in [9.17, 15) is 14.4 Å². The predicted molar refractivity (Wildman–Crippen MR) is 45.7 cm³/mol. The largest absolute Gasteiger partial charge is 0.481 e. The topological polar surface area (TPSA) is 138 Å². The molecule has 0 saturated heterocycles. The Kier molecular flexibility index (Phi) is 8.09. The lowest BCUT2D eigenvalue weighted by molar-refractivity contribution is -0.144. The van der Waals surface area contributed by atoms with E-state index in [0.717, 1.165) is 6.08 Å². The van der Waals surface area contributed by atoms with Crippen molar-refractivity contribution in [3.05, 3.63) is 12.7 Å². The Balaban J connectivity index is 0. The van der Waals surface area contributed by atoms with Crippen LogP contribution in [0.1, 0.15) is 6.42 Å². The van der Waals surface area contributed by atoms with E-state index in [2.05, 4.69) is 6.58 Å². The van der Waals surface area contributed by atoms with Gasteiger partial charge in [0.05, 0.1) is 6.42 Å². The van der Waals surface area contributed by atoms with Crippen molar-refractivity contribution in [3.8, 4) is 0 Å². The SMILES string of the molecule is C=CC(=O)O.NC(CC(=O)O)C(=O)O. The molecule has 0 aromatic carbocycles. The Morgan fingerprint density at radius 2 is 1.64 bits per heavy atom. The van der Waals surface area contributed by atoms with E-state index < -0.39 is 30.4 Å². The van der Waals surface area contributed by atoms with Crippen molar-refractivity contribution in [2.75, 3.05) is 0 Å². The van der Waals surface area contributed by atoms with Crippen LogP contribution in [0.2, 0.25) is 0 Å². The molecule has 80 valence electrons. The molecule has 0 aliphatic heterocycles. The first-order valence-electron chi connectivity index (χ1n) is 3.36. The Hall–Kier alpha value is -1.89. The van der Waals surface area contributed by atoms with Gasteiger partial charge in [0, 0.05) is 6.08 Å². The third-order valence-corrected chi connectivity index (χ3v) is 0.886. The molecule has 0 rings (SSSR count). The zero-order valence-electron chi connectivity index (χ0n) is 7.21. The number of hydrogen-bond acceptors (Lipinski definition) is 4. The molecule has 14 heavy (non-hydrogen) atoms. The van der Waals surface area contributed by atoms with Crippen molar-refractivity contribution in [2.45, 2.75) is 12.5 Å². The van der Waals surface area contributed by atoms with Crippen LogP contribution in [0.3, 0.4) is 0 Å². The fraction of sp³-hybridized carbons (Fsp3) is 0.286. The van der Waals surface area contributed by atoms with Crippen LogP contribution >= 0.6 is 0 Å². The Morgan fingerprint density at radius 3 is 1.71 bits per heavy atom. The zero-order chi connectivity index (χ0) is 11.7. The number of rotatable bonds is 4. The normalized spacial score (nSPS) is 10.4. The molecular weight excluding hydrogens is 194 g/mol. The van der Waals surface area contributed by atoms with Gasteiger partial charge in [0.2, 0.25) is 0 Å². The highest BCUT2D eigenvalue weighted by molar-refractivity contribution is 5.80. The van der Waals surface area contributed by atoms with Crippen LogP contribution in [0.15, 0.2) is 12.7 Å². The molecule has 0 fully saturated rings. The molecule has 0 aliphatic rings. The highest BCUT2D eigenvalue weighted by Crippen LogP contribution is 1.86. The van der Waals surface area contributed by atoms with Crippen molar-refractivity contribution >= 4 is 17.9 Å². The average molecular weight is 205 g/mol. The second kappa shape index (κ2) is 7.74. The van der Waals surface area contributed by atoms with Crippen LogP contribution < -0.4 is 5.73 Å². The number of carboxylic acid groups (broad SMARTS) is 3. The number of carboxylic acids is 3. The molecule has 0 spiro atoms. The van der Waals surface area contributed by atoms with Crippen LogP contribution in [0, 0.1) is 0 Å². The third-order valence-electron chi connectivity index (χ3n) is 0.886. The molecular formula is C7H11NO6. The fourth-order valence-corrected chi connectivity index (χ4v) is 0.275. The quantitative estimate of drug-likeness (QED) is 0.437. The maximum absolute atomic E-state index is 9.85. The average Bonchev–Trinajstić information content (AvgIpc) is 2.04. The summed E-state index contributed by atoms with van der Waals surface area (Å²) in [6, 6.07) is -1.29. The molecule has 0 amide bonds. The Morgan fingerprint density at radius 1 is 1.29 bits per heavy atom. The summed E-state index contributed by atoms with van der Waals surface area (Å²) in [5.41, 5.74) is 4.84. The van der Waals surface area contributed by atoms with E-state index in [0.29, 0.717) is 0 Å². The van der Waals surface area contributed by atoms with Crippen LogP contribution in [-0.4, -0.2) is 39.3 Å². The van der Waals surface area contributed by atoms with Gasteiger partial charge in [-0.3, -0.25) is 9.59 Å². The molecule has 0 aromatic rings. The Bertz CT molecular complexity index is 236. The molecule has 0 heterocycles. The van der Waals surface area contributed by atoms with E-state index in [1.54, 1.807) is 0 Å². The van der Waals surface area contributed by atoms with Crippen LogP contribution in [0.4, 0.5) is 0 Å². The third kappa shape index (κ3) is 12.8. The first-order valence-corrected chi connectivity index (χ1v) is 3.36. The Labute approximate surface area is 79.5 Å². The van der Waals surface area contributed by atoms with E-state index in [1.807, 2.05) is 0 Å². The van der Waals surface area contributed by atoms with Gasteiger partial charge in [-0.2, -0.15) is 0 Å². The van der Waals surface area contributed by atoms with Crippen molar-refractivity contribution in [2.24, 2.45) is 5.73 Å². The highest BCUT2D eigenvalue weighted by Gasteiger charge is 2.14. The molecule has 0 saturated carbocycles. The van der Waals surface area contributed by atoms with Gasteiger partial charge in [0.25, 0.3) is 0 Å². The summed E-state index contributed by atoms with van der Waals surface area (Å²) in [4.78, 5) is 28.9. The van der Waals surface area contributed by atoms with Crippen LogP contribution in [-0.2, 0) is 14.4 Å². The molecule has 7 heteroatoms. The zero-order valence-corrected chi connectivity index (χ0v) is 7.21. The van der Waals surface area contributed by atoms with Gasteiger partial charge in [-0.15, -0.1) is 0 Å². The fourth-order valence-electron chi connectivity index (χ4n) is 0.275. The van der Waals surface area contributed by atoms with Crippen LogP contribution in [0.5, 0.6) is 0 Å². The van der Waals surface area contributed by atoms with Crippen LogP contribution in [0.25, 0.3) is 0 Å². The van der Waals surface area contributed by atoms with Gasteiger partial charge in [-0.1, -0.05) is 6.58 Å². The lowest BCUT2D eigenvalue weighted by Gasteiger charge is -1.99. The minimum absolute atomic E-state index is 0.532. The van der Waals surface area contributed by atoms with E-state index in [-0.39, 0.29) is 0 Å². The summed E-state index contributed by atoms with van der Waals surface area (Å²) in [6.07, 6.45) is 0.301. The molecule has 7 nitrogen and oxygen atoms in total. The number of nitrogens with two attached hydrogens (primary N) is 1. The lowest BCUT2D eigenvalue weighted by Crippen LogP contribution is -2.32. The minimum atomic E-state index is -1.29. The standard InChI is InChI=1S/C4H7NO4.C3H4O2/c5-2(4(8)9)1-3(6)7;1-2-3(4)5/h2H,1,5H2,(H,6,7)(H,8,9);2H,1H2,(H,4,5). The summed E-state index contributed by atoms with van der Waals surface area (Å²) in [7, 11) is 0.